The summed E-state index contributed by atoms with van der Waals surface area (Å²) in [4.78, 5) is 117. The zero-order valence-electron chi connectivity index (χ0n) is 32.9. The summed E-state index contributed by atoms with van der Waals surface area (Å²) in [6, 6.07) is -9.00. The fourth-order valence-electron chi connectivity index (χ4n) is 5.07. The van der Waals surface area contributed by atoms with Crippen molar-refractivity contribution in [1.29, 1.82) is 0 Å². The van der Waals surface area contributed by atoms with Crippen LogP contribution in [0.2, 0.25) is 0 Å². The molecular formula is C34H61N11O11. The third-order valence-corrected chi connectivity index (χ3v) is 8.06. The van der Waals surface area contributed by atoms with E-state index in [1.165, 1.54) is 13.8 Å². The number of aliphatic carboxylic acids is 2. The quantitative estimate of drug-likeness (QED) is 0.0219. The van der Waals surface area contributed by atoms with Gasteiger partial charge in [-0.1, -0.05) is 27.7 Å². The van der Waals surface area contributed by atoms with Gasteiger partial charge in [0, 0.05) is 19.4 Å². The van der Waals surface area contributed by atoms with Crippen LogP contribution in [0.25, 0.3) is 0 Å². The molecule has 0 rings (SSSR count). The topological polar surface area (TPSA) is 383 Å². The van der Waals surface area contributed by atoms with E-state index < -0.39 is 108 Å². The smallest absolute Gasteiger partial charge is 0.326 e. The molecule has 0 aromatic rings. The lowest BCUT2D eigenvalue weighted by Gasteiger charge is -2.27. The lowest BCUT2D eigenvalue weighted by atomic mass is 10.0. The first-order chi connectivity index (χ1) is 25.9. The monoisotopic (exact) mass is 799 g/mol. The Morgan fingerprint density at radius 3 is 1.41 bits per heavy atom. The van der Waals surface area contributed by atoms with Crippen LogP contribution in [0.3, 0.4) is 0 Å². The first kappa shape index (κ1) is 50.5. The van der Waals surface area contributed by atoms with Gasteiger partial charge in [-0.3, -0.25) is 43.3 Å². The van der Waals surface area contributed by atoms with Crippen molar-refractivity contribution in [2.24, 2.45) is 39.8 Å². The fourth-order valence-corrected chi connectivity index (χ4v) is 5.07. The molecule has 0 fully saturated rings. The van der Waals surface area contributed by atoms with Crippen LogP contribution in [-0.2, 0) is 43.2 Å². The van der Waals surface area contributed by atoms with E-state index in [0.29, 0.717) is 6.42 Å². The van der Waals surface area contributed by atoms with Gasteiger partial charge in [0.05, 0.1) is 6.04 Å². The maximum atomic E-state index is 13.5. The highest BCUT2D eigenvalue weighted by atomic mass is 16.4. The van der Waals surface area contributed by atoms with Crippen molar-refractivity contribution in [2.45, 2.75) is 135 Å². The third kappa shape index (κ3) is 21.4. The molecule has 0 saturated heterocycles. The Labute approximate surface area is 325 Å². The van der Waals surface area contributed by atoms with Crippen LogP contribution in [0.4, 0.5) is 0 Å². The van der Waals surface area contributed by atoms with Gasteiger partial charge in [0.2, 0.25) is 41.4 Å². The largest absolute Gasteiger partial charge is 0.481 e. The minimum Gasteiger partial charge on any atom is -0.481 e. The summed E-state index contributed by atoms with van der Waals surface area (Å²) in [5, 5.41) is 33.3. The highest BCUT2D eigenvalue weighted by Gasteiger charge is 2.32. The number of nitrogens with two attached hydrogens (primary N) is 4. The molecule has 0 aromatic heterocycles. The summed E-state index contributed by atoms with van der Waals surface area (Å²) < 4.78 is 0. The number of hydrogen-bond acceptors (Lipinski definition) is 11. The number of carbonyl (C=O) groups excluding carboxylic acids is 7. The summed E-state index contributed by atoms with van der Waals surface area (Å²) in [7, 11) is 0. The molecule has 7 atom stereocenters. The Hall–Kier alpha value is -5.54. The number of guanidine groups is 1. The molecule has 0 aromatic carbocycles. The number of hydrogen-bond donors (Lipinski definition) is 12. The summed E-state index contributed by atoms with van der Waals surface area (Å²) in [5.41, 5.74) is 21.7. The van der Waals surface area contributed by atoms with Crippen LogP contribution in [0, 0.1) is 11.8 Å². The predicted molar refractivity (Wildman–Crippen MR) is 203 cm³/mol. The number of nitrogens with zero attached hydrogens (tertiary/aromatic N) is 1. The van der Waals surface area contributed by atoms with E-state index in [9.17, 15) is 53.4 Å². The van der Waals surface area contributed by atoms with Crippen molar-refractivity contribution in [3.63, 3.8) is 0 Å². The minimum atomic E-state index is -1.52. The molecule has 0 saturated carbocycles. The molecule has 22 heteroatoms. The molecule has 0 aliphatic heterocycles. The van der Waals surface area contributed by atoms with Crippen LogP contribution in [0.15, 0.2) is 4.99 Å². The number of amides is 7. The van der Waals surface area contributed by atoms with Gasteiger partial charge in [0.15, 0.2) is 5.96 Å². The first-order valence-corrected chi connectivity index (χ1v) is 18.3. The van der Waals surface area contributed by atoms with Crippen LogP contribution in [-0.4, -0.2) is 118 Å². The van der Waals surface area contributed by atoms with E-state index in [1.807, 2.05) is 13.8 Å². The average Bonchev–Trinajstić information content (AvgIpc) is 3.07. The molecule has 0 unspecified atom stereocenters. The molecule has 0 spiro atoms. The Kier molecular flexibility index (Phi) is 23.0. The van der Waals surface area contributed by atoms with Crippen LogP contribution in [0.5, 0.6) is 0 Å². The van der Waals surface area contributed by atoms with Crippen LogP contribution in [0.1, 0.15) is 92.9 Å². The van der Waals surface area contributed by atoms with Crippen molar-refractivity contribution >= 4 is 59.2 Å². The highest BCUT2D eigenvalue weighted by Crippen LogP contribution is 2.09. The number of primary amides is 1. The SMILES string of the molecule is CC(C)C[C@H](NC(=O)[C@H](CCC(=O)O)NC(=O)[C@H](C)NC(=O)[C@H](CCC(N)=O)NC(=O)[C@@H](N)CC(C)C)C(=O)N[C@@H](C)C(=O)N[C@@H](CCCN=C(N)N)C(=O)O. The summed E-state index contributed by atoms with van der Waals surface area (Å²) >= 11 is 0. The number of rotatable bonds is 27. The number of aliphatic imine (C=N–C) groups is 1. The number of nitrogens with one attached hydrogen (secondary N) is 6. The van der Waals surface area contributed by atoms with Gasteiger partial charge < -0.3 is 65.0 Å². The van der Waals surface area contributed by atoms with Crippen molar-refractivity contribution in [3.8, 4) is 0 Å². The lowest BCUT2D eigenvalue weighted by molar-refractivity contribution is -0.142. The van der Waals surface area contributed by atoms with Gasteiger partial charge in [-0.05, 0) is 64.2 Å². The Morgan fingerprint density at radius 2 is 0.964 bits per heavy atom. The molecule has 0 heterocycles. The van der Waals surface area contributed by atoms with Crippen molar-refractivity contribution in [3.05, 3.63) is 0 Å². The van der Waals surface area contributed by atoms with Crippen molar-refractivity contribution < 1.29 is 53.4 Å². The van der Waals surface area contributed by atoms with E-state index in [0.717, 1.165) is 0 Å². The Bertz CT molecular complexity index is 1420. The Balaban J connectivity index is 5.88. The number of carboxylic acids is 2. The van der Waals surface area contributed by atoms with Gasteiger partial charge in [-0.2, -0.15) is 0 Å². The first-order valence-electron chi connectivity index (χ1n) is 18.3. The van der Waals surface area contributed by atoms with E-state index >= 15 is 0 Å². The maximum Gasteiger partial charge on any atom is 0.326 e. The molecular weight excluding hydrogens is 738 g/mol. The third-order valence-electron chi connectivity index (χ3n) is 8.06. The molecule has 0 bridgehead atoms. The second-order valence-electron chi connectivity index (χ2n) is 14.3. The van der Waals surface area contributed by atoms with Crippen LogP contribution >= 0.6 is 0 Å². The lowest BCUT2D eigenvalue weighted by Crippen LogP contribution is -2.59. The molecule has 0 aliphatic carbocycles. The van der Waals surface area contributed by atoms with E-state index in [1.54, 1.807) is 13.8 Å². The zero-order valence-corrected chi connectivity index (χ0v) is 32.9. The van der Waals surface area contributed by atoms with Gasteiger partial charge in [0.25, 0.3) is 0 Å². The molecule has 56 heavy (non-hydrogen) atoms. The normalized spacial score (nSPS) is 14.7. The van der Waals surface area contributed by atoms with E-state index in [-0.39, 0.29) is 56.4 Å². The van der Waals surface area contributed by atoms with Gasteiger partial charge >= 0.3 is 11.9 Å². The highest BCUT2D eigenvalue weighted by molar-refractivity contribution is 5.97. The van der Waals surface area contributed by atoms with E-state index in [4.69, 9.17) is 22.9 Å². The second kappa shape index (κ2) is 25.5. The fraction of sp³-hybridized carbons (Fsp3) is 0.706. The van der Waals surface area contributed by atoms with Crippen molar-refractivity contribution in [2.75, 3.05) is 6.54 Å². The maximum absolute atomic E-state index is 13.5. The average molecular weight is 800 g/mol. The minimum absolute atomic E-state index is 0.0180. The molecule has 22 nitrogen and oxygen atoms in total. The summed E-state index contributed by atoms with van der Waals surface area (Å²) in [6.07, 6.45) is -0.935. The zero-order chi connectivity index (χ0) is 43.3. The number of carboxylic acid groups (broad SMARTS) is 2. The molecule has 0 aliphatic rings. The molecule has 318 valence electrons. The number of carbonyl (C=O) groups is 9. The Morgan fingerprint density at radius 1 is 0.536 bits per heavy atom. The van der Waals surface area contributed by atoms with E-state index in [2.05, 4.69) is 36.9 Å². The van der Waals surface area contributed by atoms with Crippen molar-refractivity contribution in [1.82, 2.24) is 31.9 Å². The molecule has 0 radical (unpaired) electrons. The van der Waals surface area contributed by atoms with Gasteiger partial charge in [-0.25, -0.2) is 4.79 Å². The summed E-state index contributed by atoms with van der Waals surface area (Å²) in [5.74, 6) is -8.74. The van der Waals surface area contributed by atoms with Gasteiger partial charge in [0.1, 0.15) is 36.3 Å². The second-order valence-corrected chi connectivity index (χ2v) is 14.3. The van der Waals surface area contributed by atoms with Crippen LogP contribution < -0.4 is 54.8 Å². The molecule has 16 N–H and O–H groups in total. The predicted octanol–water partition coefficient (Wildman–Crippen LogP) is -3.38. The molecule has 7 amide bonds. The van der Waals surface area contributed by atoms with Gasteiger partial charge in [-0.15, -0.1) is 0 Å². The standard InChI is InChI=1S/C34H61N11O11/c1-16(2)14-20(35)29(51)43-21(9-11-25(36)46)30(52)40-18(5)27(49)42-22(10-12-26(47)48)31(53)45-24(15-17(3)4)32(54)41-19(6)28(50)44-23(33(55)56)8-7-13-39-34(37)38/h16-24H,7-15,35H2,1-6H3,(H2,36,46)(H,40,52)(H,41,54)(H,42,49)(H,43,51)(H,44,50)(H,45,53)(H,47,48)(H,55,56)(H4,37,38,39)/t18-,19-,20-,21-,22-,23-,24-/m0/s1. The summed E-state index contributed by atoms with van der Waals surface area (Å²) in [6.45, 7) is 9.86.